The fourth-order valence-corrected chi connectivity index (χ4v) is 1.65. The van der Waals surface area contributed by atoms with Crippen LogP contribution in [-0.2, 0) is 11.4 Å². The van der Waals surface area contributed by atoms with Gasteiger partial charge in [0.2, 0.25) is 0 Å². The van der Waals surface area contributed by atoms with Crippen molar-refractivity contribution in [3.05, 3.63) is 37.0 Å². The Bertz CT molecular complexity index is 186. The molecule has 0 heterocycles. The molecular formula is C12H21AlO3. The van der Waals surface area contributed by atoms with Gasteiger partial charge in [0.05, 0.1) is 0 Å². The van der Waals surface area contributed by atoms with Crippen molar-refractivity contribution < 1.29 is 11.4 Å². The third kappa shape index (κ3) is 9.70. The van der Waals surface area contributed by atoms with Gasteiger partial charge in [0.1, 0.15) is 0 Å². The second-order valence-electron chi connectivity index (χ2n) is 3.04. The zero-order chi connectivity index (χ0) is 12.1. The summed E-state index contributed by atoms with van der Waals surface area (Å²) in [6, 6.07) is 0. The van der Waals surface area contributed by atoms with Crippen molar-refractivity contribution in [2.45, 2.75) is 40.0 Å². The molecule has 0 aromatic carbocycles. The Hall–Kier alpha value is -0.848. The summed E-state index contributed by atoms with van der Waals surface area (Å²) in [6.45, 7) is 6.14. The molecule has 0 aliphatic heterocycles. The first kappa shape index (κ1) is 15.2. The summed E-state index contributed by atoms with van der Waals surface area (Å²) < 4.78 is 16.2. The summed E-state index contributed by atoms with van der Waals surface area (Å²) >= 11 is -2.09. The molecule has 0 aliphatic carbocycles. The van der Waals surface area contributed by atoms with Crippen LogP contribution in [0.25, 0.3) is 0 Å². The van der Waals surface area contributed by atoms with Crippen LogP contribution in [0.4, 0.5) is 0 Å². The van der Waals surface area contributed by atoms with Crippen molar-refractivity contribution in [3.8, 4) is 0 Å². The van der Waals surface area contributed by atoms with Crippen LogP contribution in [0.15, 0.2) is 37.0 Å². The van der Waals surface area contributed by atoms with E-state index >= 15 is 0 Å². The molecule has 0 bridgehead atoms. The summed E-state index contributed by atoms with van der Waals surface area (Å²) in [7, 11) is 0. The minimum absolute atomic E-state index is 0.941. The van der Waals surface area contributed by atoms with Gasteiger partial charge in [-0.2, -0.15) is 0 Å². The van der Waals surface area contributed by atoms with E-state index in [0.29, 0.717) is 0 Å². The third-order valence-electron chi connectivity index (χ3n) is 1.56. The van der Waals surface area contributed by atoms with Gasteiger partial charge < -0.3 is 11.4 Å². The van der Waals surface area contributed by atoms with Gasteiger partial charge in [-0.05, 0) is 19.3 Å². The van der Waals surface area contributed by atoms with Crippen molar-refractivity contribution in [2.24, 2.45) is 0 Å². The van der Waals surface area contributed by atoms with Crippen LogP contribution in [0, 0.1) is 0 Å². The number of hydrogen-bond donors (Lipinski definition) is 0. The van der Waals surface area contributed by atoms with E-state index in [1.807, 2.05) is 39.0 Å². The maximum Gasteiger partial charge on any atom is 1.20 e. The maximum absolute atomic E-state index is 5.39. The van der Waals surface area contributed by atoms with Crippen molar-refractivity contribution in [1.82, 2.24) is 0 Å². The summed E-state index contributed by atoms with van der Waals surface area (Å²) in [5, 5.41) is 0. The molecule has 4 heteroatoms. The van der Waals surface area contributed by atoms with Crippen LogP contribution < -0.4 is 0 Å². The average molecular weight is 240 g/mol. The van der Waals surface area contributed by atoms with Crippen LogP contribution >= 0.6 is 0 Å². The lowest BCUT2D eigenvalue weighted by Crippen LogP contribution is -2.20. The molecule has 0 rings (SSSR count). The first-order chi connectivity index (χ1) is 7.85. The fourth-order valence-electron chi connectivity index (χ4n) is 0.744. The molecule has 0 spiro atoms. The highest BCUT2D eigenvalue weighted by atomic mass is 27.3. The van der Waals surface area contributed by atoms with Crippen LogP contribution in [0.5, 0.6) is 0 Å². The molecule has 3 nitrogen and oxygen atoms in total. The zero-order valence-corrected chi connectivity index (χ0v) is 11.5. The molecule has 16 heavy (non-hydrogen) atoms. The number of rotatable bonds is 9. The van der Waals surface area contributed by atoms with Gasteiger partial charge in [0.25, 0.3) is 0 Å². The SMILES string of the molecule is CCC=C[O][Al]([O]C=CCC)[O]C=CCC. The highest BCUT2D eigenvalue weighted by molar-refractivity contribution is 6.37. The first-order valence-electron chi connectivity index (χ1n) is 5.76. The molecule has 0 fully saturated rings. The van der Waals surface area contributed by atoms with Crippen LogP contribution in [0.3, 0.4) is 0 Å². The van der Waals surface area contributed by atoms with E-state index in [9.17, 15) is 0 Å². The van der Waals surface area contributed by atoms with Gasteiger partial charge in [-0.3, -0.25) is 0 Å². The van der Waals surface area contributed by atoms with Crippen molar-refractivity contribution in [1.29, 1.82) is 0 Å². The Morgan fingerprint density at radius 2 is 1.00 bits per heavy atom. The van der Waals surface area contributed by atoms with E-state index < -0.39 is 15.1 Å². The normalized spacial score (nSPS) is 11.4. The second-order valence-corrected chi connectivity index (χ2v) is 4.43. The molecule has 0 saturated carbocycles. The predicted octanol–water partition coefficient (Wildman–Crippen LogP) is 3.79. The summed E-state index contributed by atoms with van der Waals surface area (Å²) in [6.07, 6.45) is 13.6. The molecule has 0 unspecified atom stereocenters. The summed E-state index contributed by atoms with van der Waals surface area (Å²) in [5.74, 6) is 0. The van der Waals surface area contributed by atoms with E-state index in [1.165, 1.54) is 0 Å². The van der Waals surface area contributed by atoms with Crippen LogP contribution in [-0.4, -0.2) is 15.1 Å². The second kappa shape index (κ2) is 12.2. The maximum atomic E-state index is 5.39. The van der Waals surface area contributed by atoms with Crippen LogP contribution in [0.1, 0.15) is 40.0 Å². The molecule has 0 aromatic heterocycles. The number of hydrogen-bond acceptors (Lipinski definition) is 3. The zero-order valence-electron chi connectivity index (χ0n) is 10.4. The lowest BCUT2D eigenvalue weighted by atomic mass is 10.5. The molecule has 90 valence electrons. The first-order valence-corrected chi connectivity index (χ1v) is 7.17. The van der Waals surface area contributed by atoms with Crippen LogP contribution in [0.2, 0.25) is 0 Å². The minimum Gasteiger partial charge on any atom is -0.583 e. The van der Waals surface area contributed by atoms with E-state index in [0.717, 1.165) is 19.3 Å². The molecule has 0 atom stereocenters. The van der Waals surface area contributed by atoms with Gasteiger partial charge >= 0.3 is 15.1 Å². The molecule has 0 amide bonds. The van der Waals surface area contributed by atoms with Crippen molar-refractivity contribution in [3.63, 3.8) is 0 Å². The van der Waals surface area contributed by atoms with Gasteiger partial charge in [0, 0.05) is 18.8 Å². The Labute approximate surface area is 104 Å². The lowest BCUT2D eigenvalue weighted by molar-refractivity contribution is 0.222. The minimum atomic E-state index is -2.09. The topological polar surface area (TPSA) is 27.7 Å². The molecule has 0 N–H and O–H groups in total. The highest BCUT2D eigenvalue weighted by Crippen LogP contribution is 1.98. The molecule has 0 aromatic rings. The van der Waals surface area contributed by atoms with Gasteiger partial charge in [-0.1, -0.05) is 39.0 Å². The number of allylic oxidation sites excluding steroid dienone is 3. The van der Waals surface area contributed by atoms with Crippen molar-refractivity contribution >= 4 is 15.1 Å². The monoisotopic (exact) mass is 240 g/mol. The van der Waals surface area contributed by atoms with Gasteiger partial charge in [-0.15, -0.1) is 0 Å². The quantitative estimate of drug-likeness (QED) is 0.453. The van der Waals surface area contributed by atoms with Gasteiger partial charge in [-0.25, -0.2) is 0 Å². The van der Waals surface area contributed by atoms with E-state index in [4.69, 9.17) is 11.4 Å². The standard InChI is InChI=1S/3C4H8O.Al/c3*1-2-3-4-5;/h3*3-5H,2H2,1H3;/q;;;+3/p-3. The molecule has 0 radical (unpaired) electrons. The Morgan fingerprint density at radius 3 is 1.25 bits per heavy atom. The summed E-state index contributed by atoms with van der Waals surface area (Å²) in [5.41, 5.74) is 0. The lowest BCUT2D eigenvalue weighted by Gasteiger charge is -2.07. The van der Waals surface area contributed by atoms with E-state index in [-0.39, 0.29) is 0 Å². The van der Waals surface area contributed by atoms with Crippen molar-refractivity contribution in [2.75, 3.05) is 0 Å². The van der Waals surface area contributed by atoms with E-state index in [1.54, 1.807) is 18.8 Å². The smallest absolute Gasteiger partial charge is 0.583 e. The highest BCUT2D eigenvalue weighted by Gasteiger charge is 2.40. The molecular weight excluding hydrogens is 219 g/mol. The Kier molecular flexibility index (Phi) is 11.6. The summed E-state index contributed by atoms with van der Waals surface area (Å²) in [4.78, 5) is 0. The largest absolute Gasteiger partial charge is 1.20 e. The average Bonchev–Trinajstić information content (AvgIpc) is 2.29. The third-order valence-corrected chi connectivity index (χ3v) is 2.70. The molecule has 0 saturated heterocycles. The fraction of sp³-hybridized carbons (Fsp3) is 0.500. The molecule has 0 aliphatic rings. The Balaban J connectivity index is 3.99. The van der Waals surface area contributed by atoms with E-state index in [2.05, 4.69) is 0 Å². The Morgan fingerprint density at radius 1 is 0.688 bits per heavy atom. The van der Waals surface area contributed by atoms with Gasteiger partial charge in [0.15, 0.2) is 0 Å². The predicted molar refractivity (Wildman–Crippen MR) is 67.3 cm³/mol.